The van der Waals surface area contributed by atoms with Crippen LogP contribution < -0.4 is 4.74 Å². The van der Waals surface area contributed by atoms with Gasteiger partial charge in [0.15, 0.2) is 0 Å². The van der Waals surface area contributed by atoms with Crippen LogP contribution in [0.5, 0.6) is 5.75 Å². The molecule has 34 heavy (non-hydrogen) atoms. The predicted molar refractivity (Wildman–Crippen MR) is 139 cm³/mol. The molecule has 2 atom stereocenters. The summed E-state index contributed by atoms with van der Waals surface area (Å²) in [6.07, 6.45) is 8.64. The molecular formula is C28H36N2O3S. The lowest BCUT2D eigenvalue weighted by atomic mass is 9.79. The second kappa shape index (κ2) is 11.8. The van der Waals surface area contributed by atoms with Gasteiger partial charge in [-0.1, -0.05) is 0 Å². The molecule has 0 radical (unpaired) electrons. The lowest BCUT2D eigenvalue weighted by Gasteiger charge is -2.38. The van der Waals surface area contributed by atoms with Crippen molar-refractivity contribution in [3.63, 3.8) is 0 Å². The minimum absolute atomic E-state index is 0.240. The van der Waals surface area contributed by atoms with Gasteiger partial charge in [-0.3, -0.25) is 9.78 Å². The first-order valence-electron chi connectivity index (χ1n) is 12.4. The van der Waals surface area contributed by atoms with E-state index in [9.17, 15) is 9.90 Å². The van der Waals surface area contributed by atoms with Gasteiger partial charge in [0.2, 0.25) is 0 Å². The molecule has 0 saturated carbocycles. The van der Waals surface area contributed by atoms with Crippen LogP contribution in [-0.4, -0.2) is 47.7 Å². The highest BCUT2D eigenvalue weighted by Crippen LogP contribution is 2.32. The zero-order valence-corrected chi connectivity index (χ0v) is 21.2. The van der Waals surface area contributed by atoms with E-state index in [4.69, 9.17) is 4.74 Å². The molecule has 0 aliphatic carbocycles. The number of thiophene rings is 1. The first-order valence-corrected chi connectivity index (χ1v) is 13.2. The number of likely N-dealkylation sites (tertiary alicyclic amines) is 1. The Kier molecular flexibility index (Phi) is 8.57. The highest BCUT2D eigenvalue weighted by atomic mass is 32.1. The number of pyridine rings is 1. The van der Waals surface area contributed by atoms with Gasteiger partial charge in [0.05, 0.1) is 12.6 Å². The fourth-order valence-electron chi connectivity index (χ4n) is 5.37. The molecule has 6 heteroatoms. The monoisotopic (exact) mass is 480 g/mol. The van der Waals surface area contributed by atoms with Crippen LogP contribution >= 0.6 is 11.3 Å². The number of carboxylic acid groups (broad SMARTS) is 1. The quantitative estimate of drug-likeness (QED) is 0.366. The third kappa shape index (κ3) is 6.57. The van der Waals surface area contributed by atoms with E-state index >= 15 is 0 Å². The second-order valence-corrected chi connectivity index (χ2v) is 10.9. The number of aromatic nitrogens is 1. The van der Waals surface area contributed by atoms with Crippen LogP contribution in [0.15, 0.2) is 42.6 Å². The normalized spacial score (nSPS) is 18.9. The molecule has 1 aromatic carbocycles. The van der Waals surface area contributed by atoms with Crippen molar-refractivity contribution < 1.29 is 14.6 Å². The number of piperidine rings is 1. The molecule has 3 aromatic rings. The van der Waals surface area contributed by atoms with Gasteiger partial charge in [-0.25, -0.2) is 0 Å². The number of nitrogens with zero attached hydrogens (tertiary/aromatic N) is 2. The van der Waals surface area contributed by atoms with E-state index in [1.54, 1.807) is 7.11 Å². The van der Waals surface area contributed by atoms with Crippen molar-refractivity contribution in [2.45, 2.75) is 51.9 Å². The van der Waals surface area contributed by atoms with E-state index in [0.29, 0.717) is 5.92 Å². The SMILES string of the molecule is COc1ccc2nccc(CCC[C@@H]3CCN(CCCc4ccc(C)s4)C[C@@H]3CC(=O)O)c2c1. The van der Waals surface area contributed by atoms with Gasteiger partial charge in [0.25, 0.3) is 0 Å². The van der Waals surface area contributed by atoms with E-state index < -0.39 is 5.97 Å². The molecule has 0 amide bonds. The topological polar surface area (TPSA) is 62.7 Å². The molecule has 1 aliphatic heterocycles. The summed E-state index contributed by atoms with van der Waals surface area (Å²) < 4.78 is 5.40. The number of benzene rings is 1. The Bertz CT molecular complexity index is 1100. The zero-order chi connectivity index (χ0) is 23.9. The van der Waals surface area contributed by atoms with Crippen LogP contribution in [-0.2, 0) is 17.6 Å². The van der Waals surface area contributed by atoms with Crippen LogP contribution in [0.25, 0.3) is 10.9 Å². The molecule has 5 nitrogen and oxygen atoms in total. The number of rotatable bonds is 11. The predicted octanol–water partition coefficient (Wildman–Crippen LogP) is 5.98. The molecule has 1 saturated heterocycles. The molecule has 0 spiro atoms. The Morgan fingerprint density at radius 3 is 2.82 bits per heavy atom. The van der Waals surface area contributed by atoms with E-state index in [1.807, 2.05) is 29.7 Å². The van der Waals surface area contributed by atoms with Crippen LogP contribution in [0.3, 0.4) is 0 Å². The van der Waals surface area contributed by atoms with Crippen LogP contribution in [0.2, 0.25) is 0 Å². The van der Waals surface area contributed by atoms with Gasteiger partial charge in [-0.2, -0.15) is 0 Å². The largest absolute Gasteiger partial charge is 0.497 e. The van der Waals surface area contributed by atoms with Crippen LogP contribution in [0.1, 0.15) is 47.4 Å². The summed E-state index contributed by atoms with van der Waals surface area (Å²) in [6, 6.07) is 12.6. The smallest absolute Gasteiger partial charge is 0.303 e. The van der Waals surface area contributed by atoms with Crippen molar-refractivity contribution in [1.82, 2.24) is 9.88 Å². The molecule has 0 bridgehead atoms. The van der Waals surface area contributed by atoms with Gasteiger partial charge in [0.1, 0.15) is 5.75 Å². The summed E-state index contributed by atoms with van der Waals surface area (Å²) in [5.41, 5.74) is 2.29. The first kappa shape index (κ1) is 24.7. The standard InChI is InChI=1S/C28H36N2O3S/c1-20-8-10-25(34-20)7-4-15-30-16-13-21(23(19-30)17-28(31)32)5-3-6-22-12-14-29-27-11-9-24(33-2)18-26(22)27/h8-12,14,18,21,23H,3-7,13,15-17,19H2,1-2H3,(H,31,32)/t21-,23+/m1/s1. The maximum atomic E-state index is 11.6. The van der Waals surface area contributed by atoms with Crippen molar-refractivity contribution in [3.8, 4) is 5.75 Å². The van der Waals surface area contributed by atoms with Crippen LogP contribution in [0.4, 0.5) is 0 Å². The lowest BCUT2D eigenvalue weighted by Crippen LogP contribution is -2.41. The van der Waals surface area contributed by atoms with Gasteiger partial charge in [-0.05, 0) is 112 Å². The van der Waals surface area contributed by atoms with E-state index in [1.165, 1.54) is 15.3 Å². The average Bonchev–Trinajstić information content (AvgIpc) is 3.24. The second-order valence-electron chi connectivity index (χ2n) is 9.57. The van der Waals surface area contributed by atoms with Crippen molar-refractivity contribution in [1.29, 1.82) is 0 Å². The molecule has 2 aromatic heterocycles. The highest BCUT2D eigenvalue weighted by molar-refractivity contribution is 7.11. The lowest BCUT2D eigenvalue weighted by molar-refractivity contribution is -0.139. The summed E-state index contributed by atoms with van der Waals surface area (Å²) >= 11 is 1.89. The van der Waals surface area contributed by atoms with Crippen molar-refractivity contribution in [3.05, 3.63) is 57.9 Å². The van der Waals surface area contributed by atoms with Crippen molar-refractivity contribution >= 4 is 28.2 Å². The Morgan fingerprint density at radius 1 is 1.18 bits per heavy atom. The van der Waals surface area contributed by atoms with Crippen molar-refractivity contribution in [2.24, 2.45) is 11.8 Å². The minimum Gasteiger partial charge on any atom is -0.497 e. The fourth-order valence-corrected chi connectivity index (χ4v) is 6.31. The summed E-state index contributed by atoms with van der Waals surface area (Å²) in [6.45, 7) is 5.21. The molecule has 182 valence electrons. The Morgan fingerprint density at radius 2 is 2.06 bits per heavy atom. The van der Waals surface area contributed by atoms with E-state index in [2.05, 4.69) is 41.1 Å². The molecule has 3 heterocycles. The number of hydrogen-bond donors (Lipinski definition) is 1. The average molecular weight is 481 g/mol. The zero-order valence-electron chi connectivity index (χ0n) is 20.3. The fraction of sp³-hybridized carbons (Fsp3) is 0.500. The molecular weight excluding hydrogens is 444 g/mol. The van der Waals surface area contributed by atoms with Gasteiger partial charge >= 0.3 is 5.97 Å². The maximum absolute atomic E-state index is 11.6. The van der Waals surface area contributed by atoms with Gasteiger partial charge in [0, 0.05) is 34.3 Å². The first-order chi connectivity index (χ1) is 16.5. The molecule has 0 unspecified atom stereocenters. The number of carbonyl (C=O) groups is 1. The number of aryl methyl sites for hydroxylation is 3. The Hall–Kier alpha value is -2.44. The minimum atomic E-state index is -0.668. The summed E-state index contributed by atoms with van der Waals surface area (Å²) in [5.74, 6) is 0.905. The van der Waals surface area contributed by atoms with Gasteiger partial charge < -0.3 is 14.7 Å². The Labute approximate surface area is 206 Å². The highest BCUT2D eigenvalue weighted by Gasteiger charge is 2.30. The number of methoxy groups -OCH3 is 1. The summed E-state index contributed by atoms with van der Waals surface area (Å²) in [7, 11) is 1.69. The number of hydrogen-bond acceptors (Lipinski definition) is 5. The molecule has 1 fully saturated rings. The van der Waals surface area contributed by atoms with E-state index in [0.717, 1.165) is 74.8 Å². The summed E-state index contributed by atoms with van der Waals surface area (Å²) in [4.78, 5) is 21.4. The molecule has 1 N–H and O–H groups in total. The number of fused-ring (bicyclic) bond motifs is 1. The number of aliphatic carboxylic acids is 1. The maximum Gasteiger partial charge on any atom is 0.303 e. The number of ether oxygens (including phenoxy) is 1. The van der Waals surface area contributed by atoms with Gasteiger partial charge in [-0.15, -0.1) is 11.3 Å². The van der Waals surface area contributed by atoms with E-state index in [-0.39, 0.29) is 12.3 Å². The number of carboxylic acids is 1. The van der Waals surface area contributed by atoms with Crippen LogP contribution in [0, 0.1) is 18.8 Å². The van der Waals surface area contributed by atoms with Crippen molar-refractivity contribution in [2.75, 3.05) is 26.7 Å². The molecule has 1 aliphatic rings. The third-order valence-electron chi connectivity index (χ3n) is 7.17. The molecule has 4 rings (SSSR count). The third-order valence-corrected chi connectivity index (χ3v) is 8.23. The Balaban J connectivity index is 1.31. The summed E-state index contributed by atoms with van der Waals surface area (Å²) in [5, 5.41) is 10.7.